The van der Waals surface area contributed by atoms with Crippen LogP contribution < -0.4 is 5.32 Å². The SMILES string of the molecule is CC.Cc1ccccc1C1CCCNC1. The van der Waals surface area contributed by atoms with E-state index in [2.05, 4.69) is 36.5 Å². The van der Waals surface area contributed by atoms with Gasteiger partial charge in [0.1, 0.15) is 0 Å². The molecule has 2 rings (SSSR count). The van der Waals surface area contributed by atoms with Crippen molar-refractivity contribution in [3.63, 3.8) is 0 Å². The van der Waals surface area contributed by atoms with Gasteiger partial charge >= 0.3 is 0 Å². The Morgan fingerprint density at radius 3 is 2.53 bits per heavy atom. The maximum atomic E-state index is 3.46. The van der Waals surface area contributed by atoms with Crippen LogP contribution in [0.25, 0.3) is 0 Å². The molecule has 0 bridgehead atoms. The number of hydrogen-bond acceptors (Lipinski definition) is 1. The predicted octanol–water partition coefficient (Wildman–Crippen LogP) is 3.49. The van der Waals surface area contributed by atoms with Crippen molar-refractivity contribution in [2.45, 2.75) is 39.5 Å². The molecule has 1 unspecified atom stereocenters. The molecular weight excluding hydrogens is 182 g/mol. The molecule has 84 valence electrons. The summed E-state index contributed by atoms with van der Waals surface area (Å²) in [6.07, 6.45) is 2.66. The molecule has 15 heavy (non-hydrogen) atoms. The van der Waals surface area contributed by atoms with Crippen LogP contribution in [0.3, 0.4) is 0 Å². The molecule has 0 radical (unpaired) electrons. The van der Waals surface area contributed by atoms with Gasteiger partial charge in [-0.2, -0.15) is 0 Å². The van der Waals surface area contributed by atoms with Crippen LogP contribution in [0.5, 0.6) is 0 Å². The second-order valence-corrected chi connectivity index (χ2v) is 3.90. The highest BCUT2D eigenvalue weighted by atomic mass is 14.9. The van der Waals surface area contributed by atoms with Crippen LogP contribution in [-0.4, -0.2) is 13.1 Å². The van der Waals surface area contributed by atoms with E-state index in [1.54, 1.807) is 0 Å². The van der Waals surface area contributed by atoms with Gasteiger partial charge in [0.15, 0.2) is 0 Å². The summed E-state index contributed by atoms with van der Waals surface area (Å²) in [5.74, 6) is 0.745. The average Bonchev–Trinajstić information content (AvgIpc) is 2.33. The van der Waals surface area contributed by atoms with E-state index in [0.717, 1.165) is 12.5 Å². The van der Waals surface area contributed by atoms with E-state index in [0.29, 0.717) is 0 Å². The van der Waals surface area contributed by atoms with Crippen molar-refractivity contribution in [1.82, 2.24) is 5.32 Å². The highest BCUT2D eigenvalue weighted by Crippen LogP contribution is 2.25. The summed E-state index contributed by atoms with van der Waals surface area (Å²) in [6.45, 7) is 8.57. The summed E-state index contributed by atoms with van der Waals surface area (Å²) in [6, 6.07) is 8.75. The van der Waals surface area contributed by atoms with Crippen molar-refractivity contribution < 1.29 is 0 Å². The molecule has 0 spiro atoms. The van der Waals surface area contributed by atoms with Crippen molar-refractivity contribution in [3.8, 4) is 0 Å². The van der Waals surface area contributed by atoms with Crippen LogP contribution in [0.15, 0.2) is 24.3 Å². The molecule has 1 aromatic carbocycles. The van der Waals surface area contributed by atoms with Gasteiger partial charge in [-0.1, -0.05) is 38.1 Å². The number of benzene rings is 1. The summed E-state index contributed by atoms with van der Waals surface area (Å²) in [5.41, 5.74) is 2.98. The lowest BCUT2D eigenvalue weighted by molar-refractivity contribution is 0.460. The zero-order valence-electron chi connectivity index (χ0n) is 10.2. The van der Waals surface area contributed by atoms with Gasteiger partial charge in [0.2, 0.25) is 0 Å². The van der Waals surface area contributed by atoms with Gasteiger partial charge in [-0.3, -0.25) is 0 Å². The summed E-state index contributed by atoms with van der Waals surface area (Å²) in [4.78, 5) is 0. The molecule has 0 aliphatic carbocycles. The van der Waals surface area contributed by atoms with Crippen molar-refractivity contribution in [2.75, 3.05) is 13.1 Å². The Bertz CT molecular complexity index is 274. The van der Waals surface area contributed by atoms with Crippen LogP contribution in [0.2, 0.25) is 0 Å². The van der Waals surface area contributed by atoms with Crippen molar-refractivity contribution in [1.29, 1.82) is 0 Å². The van der Waals surface area contributed by atoms with Crippen LogP contribution in [0, 0.1) is 6.92 Å². The van der Waals surface area contributed by atoms with Gasteiger partial charge < -0.3 is 5.32 Å². The number of piperidine rings is 1. The summed E-state index contributed by atoms with van der Waals surface area (Å²) in [5, 5.41) is 3.46. The highest BCUT2D eigenvalue weighted by molar-refractivity contribution is 5.29. The average molecular weight is 205 g/mol. The minimum Gasteiger partial charge on any atom is -0.316 e. The van der Waals surface area contributed by atoms with Gasteiger partial charge in [0.05, 0.1) is 0 Å². The maximum Gasteiger partial charge on any atom is 0.00202 e. The Hall–Kier alpha value is -0.820. The zero-order valence-corrected chi connectivity index (χ0v) is 10.2. The third-order valence-electron chi connectivity index (χ3n) is 2.93. The van der Waals surface area contributed by atoms with Crippen molar-refractivity contribution >= 4 is 0 Å². The van der Waals surface area contributed by atoms with Gasteiger partial charge in [-0.25, -0.2) is 0 Å². The van der Waals surface area contributed by atoms with E-state index < -0.39 is 0 Å². The Morgan fingerprint density at radius 2 is 1.93 bits per heavy atom. The van der Waals surface area contributed by atoms with E-state index in [1.165, 1.54) is 30.5 Å². The molecule has 1 fully saturated rings. The first-order chi connectivity index (χ1) is 7.38. The predicted molar refractivity (Wildman–Crippen MR) is 67.4 cm³/mol. The molecule has 1 heteroatoms. The second-order valence-electron chi connectivity index (χ2n) is 3.90. The monoisotopic (exact) mass is 205 g/mol. The van der Waals surface area contributed by atoms with E-state index in [9.17, 15) is 0 Å². The van der Waals surface area contributed by atoms with E-state index >= 15 is 0 Å². The normalized spacial score (nSPS) is 20.3. The van der Waals surface area contributed by atoms with E-state index in [4.69, 9.17) is 0 Å². The number of aryl methyl sites for hydroxylation is 1. The lowest BCUT2D eigenvalue weighted by atomic mass is 9.89. The fourth-order valence-electron chi connectivity index (χ4n) is 2.16. The van der Waals surface area contributed by atoms with Crippen LogP contribution >= 0.6 is 0 Å². The molecule has 1 saturated heterocycles. The summed E-state index contributed by atoms with van der Waals surface area (Å²) < 4.78 is 0. The van der Waals surface area contributed by atoms with Gasteiger partial charge in [0.25, 0.3) is 0 Å². The number of rotatable bonds is 1. The molecule has 1 N–H and O–H groups in total. The van der Waals surface area contributed by atoms with E-state index in [-0.39, 0.29) is 0 Å². The zero-order chi connectivity index (χ0) is 11.1. The maximum absolute atomic E-state index is 3.46. The van der Waals surface area contributed by atoms with Gasteiger partial charge in [0, 0.05) is 6.54 Å². The Balaban J connectivity index is 0.000000531. The molecule has 1 heterocycles. The van der Waals surface area contributed by atoms with Crippen molar-refractivity contribution in [3.05, 3.63) is 35.4 Å². The fraction of sp³-hybridized carbons (Fsp3) is 0.571. The number of hydrogen-bond donors (Lipinski definition) is 1. The standard InChI is InChI=1S/C12H17N.C2H6/c1-10-5-2-3-7-12(10)11-6-4-8-13-9-11;1-2/h2-3,5,7,11,13H,4,6,8-9H2,1H3;1-2H3. The Morgan fingerprint density at radius 1 is 1.20 bits per heavy atom. The van der Waals surface area contributed by atoms with Crippen molar-refractivity contribution in [2.24, 2.45) is 0 Å². The first-order valence-corrected chi connectivity index (χ1v) is 6.14. The fourth-order valence-corrected chi connectivity index (χ4v) is 2.16. The summed E-state index contributed by atoms with van der Waals surface area (Å²) >= 11 is 0. The van der Waals surface area contributed by atoms with E-state index in [1.807, 2.05) is 13.8 Å². The minimum atomic E-state index is 0.745. The largest absolute Gasteiger partial charge is 0.316 e. The first kappa shape index (κ1) is 12.3. The molecular formula is C14H23N. The third-order valence-corrected chi connectivity index (χ3v) is 2.93. The third kappa shape index (κ3) is 3.35. The topological polar surface area (TPSA) is 12.0 Å². The molecule has 1 atom stereocenters. The number of nitrogens with one attached hydrogen (secondary N) is 1. The first-order valence-electron chi connectivity index (χ1n) is 6.14. The summed E-state index contributed by atoms with van der Waals surface area (Å²) in [7, 11) is 0. The molecule has 1 aromatic rings. The van der Waals surface area contributed by atoms with Gasteiger partial charge in [-0.05, 0) is 43.4 Å². The lowest BCUT2D eigenvalue weighted by Gasteiger charge is -2.24. The molecule has 1 nitrogen and oxygen atoms in total. The molecule has 1 aliphatic rings. The Labute approximate surface area is 93.9 Å². The quantitative estimate of drug-likeness (QED) is 0.740. The molecule has 0 aromatic heterocycles. The van der Waals surface area contributed by atoms with Crippen LogP contribution in [-0.2, 0) is 0 Å². The minimum absolute atomic E-state index is 0.745. The van der Waals surface area contributed by atoms with Crippen LogP contribution in [0.1, 0.15) is 43.7 Å². The lowest BCUT2D eigenvalue weighted by Crippen LogP contribution is -2.28. The molecule has 1 aliphatic heterocycles. The van der Waals surface area contributed by atoms with Gasteiger partial charge in [-0.15, -0.1) is 0 Å². The molecule has 0 amide bonds. The Kier molecular flexibility index (Phi) is 5.41. The molecule has 0 saturated carbocycles. The van der Waals surface area contributed by atoms with Crippen LogP contribution in [0.4, 0.5) is 0 Å². The smallest absolute Gasteiger partial charge is 0.00202 e. The second kappa shape index (κ2) is 6.62. The highest BCUT2D eigenvalue weighted by Gasteiger charge is 2.15.